The lowest BCUT2D eigenvalue weighted by Gasteiger charge is -2.47. The van der Waals surface area contributed by atoms with Gasteiger partial charge < -0.3 is 39.0 Å². The van der Waals surface area contributed by atoms with E-state index in [9.17, 15) is 29.7 Å². The second kappa shape index (κ2) is 6.70. The molecule has 7 rings (SSSR count). The number of fused-ring (bicyclic) bond motifs is 1. The molecule has 1 aromatic rings. The molecule has 38 heavy (non-hydrogen) atoms. The number of aliphatic hydroxyl groups is 3. The van der Waals surface area contributed by atoms with Gasteiger partial charge in [0.05, 0.1) is 16.7 Å². The van der Waals surface area contributed by atoms with E-state index in [1.54, 1.807) is 12.1 Å². The van der Waals surface area contributed by atoms with Crippen molar-refractivity contribution in [3.05, 3.63) is 29.8 Å². The standard InChI is InChI=1S/C27H30O11/c1-10-6-8-12(9-7-10)34-13-14(23(3,4)5)24-16(29)20(31)37-22(24)38-27-21(32)36-17(13)25(24,27)15(28)18-26(27,33)11(2)19(30)35-18/h6-9,11,13-18,22,28-29,33H,1-5H3/t11-,13-,14+,15+,16+,17-,18?,22+,24?,25?,26-,27-/m1/s1. The van der Waals surface area contributed by atoms with E-state index in [1.165, 1.54) is 6.92 Å². The average molecular weight is 531 g/mol. The van der Waals surface area contributed by atoms with Gasteiger partial charge in [-0.1, -0.05) is 38.5 Å². The summed E-state index contributed by atoms with van der Waals surface area (Å²) in [6.45, 7) is 8.94. The van der Waals surface area contributed by atoms with Gasteiger partial charge in [0.25, 0.3) is 0 Å². The fourth-order valence-corrected chi connectivity index (χ4v) is 9.13. The summed E-state index contributed by atoms with van der Waals surface area (Å²) in [4.78, 5) is 39.6. The van der Waals surface area contributed by atoms with Crippen LogP contribution in [0.2, 0.25) is 0 Å². The van der Waals surface area contributed by atoms with E-state index in [2.05, 4.69) is 0 Å². The molecule has 3 N–H and O–H groups in total. The number of ether oxygens (including phenoxy) is 5. The van der Waals surface area contributed by atoms with Crippen molar-refractivity contribution in [2.45, 2.75) is 82.6 Å². The summed E-state index contributed by atoms with van der Waals surface area (Å²) >= 11 is 0. The van der Waals surface area contributed by atoms with Gasteiger partial charge in [0, 0.05) is 5.92 Å². The van der Waals surface area contributed by atoms with Crippen molar-refractivity contribution in [2.75, 3.05) is 0 Å². The molecule has 12 atom stereocenters. The molecule has 0 amide bonds. The first-order valence-electron chi connectivity index (χ1n) is 12.8. The summed E-state index contributed by atoms with van der Waals surface area (Å²) in [6.07, 6.45) is -9.00. The number of esters is 3. The van der Waals surface area contributed by atoms with Gasteiger partial charge in [0.1, 0.15) is 18.0 Å². The number of hydrogen-bond donors (Lipinski definition) is 3. The SMILES string of the molecule is Cc1ccc(O[C@H]2[C@H]3OC(=O)[C@@]45O[C@@H]6OC(=O)[C@H](O)C6([C@@H]2C(C)(C)C)C34[C@@H](O)C2OC(=O)[C@@H](C)[C@@]25O)cc1. The first-order valence-corrected chi connectivity index (χ1v) is 12.8. The number of hydrogen-bond acceptors (Lipinski definition) is 11. The van der Waals surface area contributed by atoms with Gasteiger partial charge in [-0.3, -0.25) is 4.79 Å². The van der Waals surface area contributed by atoms with E-state index < -0.39 is 94.0 Å². The molecule has 2 saturated carbocycles. The molecule has 1 aromatic carbocycles. The molecule has 0 bridgehead atoms. The number of carbonyl (C=O) groups excluding carboxylic acids is 3. The van der Waals surface area contributed by atoms with Gasteiger partial charge >= 0.3 is 17.9 Å². The Bertz CT molecular complexity index is 1290. The molecule has 0 aromatic heterocycles. The molecule has 4 heterocycles. The Morgan fingerprint density at radius 1 is 0.947 bits per heavy atom. The lowest BCUT2D eigenvalue weighted by Crippen LogP contribution is -2.67. The Morgan fingerprint density at radius 2 is 1.61 bits per heavy atom. The smallest absolute Gasteiger partial charge is 0.343 e. The molecule has 0 radical (unpaired) electrons. The number of benzene rings is 1. The highest BCUT2D eigenvalue weighted by Crippen LogP contribution is 2.84. The van der Waals surface area contributed by atoms with Gasteiger partial charge in [-0.15, -0.1) is 0 Å². The largest absolute Gasteiger partial charge is 0.486 e. The molecular formula is C27H30O11. The lowest BCUT2D eigenvalue weighted by molar-refractivity contribution is -0.240. The molecule has 6 fully saturated rings. The Balaban J connectivity index is 1.54. The second-order valence-corrected chi connectivity index (χ2v) is 12.7. The summed E-state index contributed by atoms with van der Waals surface area (Å²) < 4.78 is 29.8. The Morgan fingerprint density at radius 3 is 2.24 bits per heavy atom. The molecule has 4 aliphatic heterocycles. The highest BCUT2D eigenvalue weighted by molar-refractivity contribution is 5.94. The summed E-state index contributed by atoms with van der Waals surface area (Å²) in [5.41, 5.74) is -8.22. The maximum absolute atomic E-state index is 13.9. The van der Waals surface area contributed by atoms with Crippen LogP contribution in [0.25, 0.3) is 0 Å². The van der Waals surface area contributed by atoms with Crippen LogP contribution in [0.3, 0.4) is 0 Å². The number of rotatable bonds is 2. The van der Waals surface area contributed by atoms with E-state index in [0.717, 1.165) is 5.56 Å². The molecule has 204 valence electrons. The third kappa shape index (κ3) is 2.07. The van der Waals surface area contributed by atoms with Crippen LogP contribution in [-0.4, -0.2) is 81.2 Å². The minimum atomic E-state index is -2.37. The van der Waals surface area contributed by atoms with Crippen molar-refractivity contribution < 1.29 is 53.4 Å². The number of aryl methyl sites for hydroxylation is 1. The summed E-state index contributed by atoms with van der Waals surface area (Å²) in [5, 5.41) is 36.0. The van der Waals surface area contributed by atoms with Crippen molar-refractivity contribution in [1.82, 2.24) is 0 Å². The van der Waals surface area contributed by atoms with Crippen molar-refractivity contribution in [2.24, 2.45) is 28.1 Å². The summed E-state index contributed by atoms with van der Waals surface area (Å²) in [5.74, 6) is -4.48. The average Bonchev–Trinajstić information content (AvgIpc) is 3.54. The predicted molar refractivity (Wildman–Crippen MR) is 123 cm³/mol. The molecule has 2 spiro atoms. The maximum atomic E-state index is 13.9. The van der Waals surface area contributed by atoms with E-state index in [1.807, 2.05) is 39.8 Å². The molecule has 3 unspecified atom stereocenters. The second-order valence-electron chi connectivity index (χ2n) is 12.7. The van der Waals surface area contributed by atoms with Gasteiger partial charge in [-0.25, -0.2) is 9.59 Å². The fourth-order valence-electron chi connectivity index (χ4n) is 9.13. The fraction of sp³-hybridized carbons (Fsp3) is 0.667. The summed E-state index contributed by atoms with van der Waals surface area (Å²) in [7, 11) is 0. The van der Waals surface area contributed by atoms with Crippen molar-refractivity contribution in [3.8, 4) is 5.75 Å². The maximum Gasteiger partial charge on any atom is 0.343 e. The van der Waals surface area contributed by atoms with Crippen LogP contribution in [-0.2, 0) is 33.3 Å². The monoisotopic (exact) mass is 530 g/mol. The Kier molecular flexibility index (Phi) is 4.29. The third-order valence-electron chi connectivity index (χ3n) is 10.2. The van der Waals surface area contributed by atoms with Crippen LogP contribution >= 0.6 is 0 Å². The first kappa shape index (κ1) is 24.3. The molecule has 4 saturated heterocycles. The molecule has 6 aliphatic rings. The van der Waals surface area contributed by atoms with Gasteiger partial charge in [-0.05, 0) is 31.4 Å². The zero-order valence-electron chi connectivity index (χ0n) is 21.5. The lowest BCUT2D eigenvalue weighted by atomic mass is 9.51. The topological polar surface area (TPSA) is 158 Å². The zero-order valence-corrected chi connectivity index (χ0v) is 21.5. The number of aliphatic hydroxyl groups excluding tert-OH is 2. The van der Waals surface area contributed by atoms with Gasteiger partial charge in [0.2, 0.25) is 11.9 Å². The van der Waals surface area contributed by atoms with Gasteiger partial charge in [0.15, 0.2) is 23.9 Å². The zero-order chi connectivity index (χ0) is 27.4. The van der Waals surface area contributed by atoms with E-state index in [0.29, 0.717) is 5.75 Å². The molecule has 2 aliphatic carbocycles. The summed E-state index contributed by atoms with van der Waals surface area (Å²) in [6, 6.07) is 7.20. The molecular weight excluding hydrogens is 500 g/mol. The minimum absolute atomic E-state index is 0.444. The van der Waals surface area contributed by atoms with Crippen molar-refractivity contribution >= 4 is 17.9 Å². The third-order valence-corrected chi connectivity index (χ3v) is 10.2. The van der Waals surface area contributed by atoms with Crippen LogP contribution in [0, 0.1) is 35.0 Å². The number of carbonyl (C=O) groups is 3. The van der Waals surface area contributed by atoms with Crippen LogP contribution in [0.1, 0.15) is 33.3 Å². The quantitative estimate of drug-likeness (QED) is 0.349. The molecule has 11 nitrogen and oxygen atoms in total. The predicted octanol–water partition coefficient (Wildman–Crippen LogP) is -0.00358. The Hall–Kier alpha value is -2.73. The van der Waals surface area contributed by atoms with Crippen LogP contribution in [0.5, 0.6) is 5.75 Å². The van der Waals surface area contributed by atoms with Gasteiger partial charge in [-0.2, -0.15) is 0 Å². The highest BCUT2D eigenvalue weighted by Gasteiger charge is 3.05. The van der Waals surface area contributed by atoms with Crippen molar-refractivity contribution in [3.63, 3.8) is 0 Å². The molecule has 11 heteroatoms. The normalized spacial score (nSPS) is 51.7. The minimum Gasteiger partial charge on any atom is -0.486 e. The van der Waals surface area contributed by atoms with E-state index in [4.69, 9.17) is 23.7 Å². The van der Waals surface area contributed by atoms with E-state index >= 15 is 0 Å². The highest BCUT2D eigenvalue weighted by atomic mass is 16.8. The van der Waals surface area contributed by atoms with E-state index in [-0.39, 0.29) is 0 Å². The van der Waals surface area contributed by atoms with Crippen LogP contribution in [0.4, 0.5) is 0 Å². The Labute approximate surface area is 217 Å². The van der Waals surface area contributed by atoms with Crippen LogP contribution in [0.15, 0.2) is 24.3 Å². The van der Waals surface area contributed by atoms with Crippen LogP contribution < -0.4 is 4.74 Å². The first-order chi connectivity index (χ1) is 17.7. The van der Waals surface area contributed by atoms with Crippen molar-refractivity contribution in [1.29, 1.82) is 0 Å².